The second kappa shape index (κ2) is 7.99. The molecule has 2 aromatic rings. The number of halogens is 1. The van der Waals surface area contributed by atoms with E-state index >= 15 is 0 Å². The molecule has 1 aliphatic heterocycles. The minimum Gasteiger partial charge on any atom is -0.379 e. The second-order valence-electron chi connectivity index (χ2n) is 6.96. The number of nitrogens with one attached hydrogen (secondary N) is 1. The van der Waals surface area contributed by atoms with Crippen LogP contribution in [0.5, 0.6) is 0 Å². The van der Waals surface area contributed by atoms with Crippen molar-refractivity contribution >= 4 is 5.91 Å². The van der Waals surface area contributed by atoms with E-state index in [4.69, 9.17) is 4.74 Å². The molecule has 1 amide bonds. The van der Waals surface area contributed by atoms with Crippen LogP contribution < -0.4 is 0 Å². The summed E-state index contributed by atoms with van der Waals surface area (Å²) < 4.78 is 19.8. The predicted octanol–water partition coefficient (Wildman–Crippen LogP) is 2.96. The zero-order chi connectivity index (χ0) is 18.7. The van der Waals surface area contributed by atoms with E-state index < -0.39 is 0 Å². The number of hydrogen-bond acceptors (Lipinski definition) is 3. The first-order valence-electron chi connectivity index (χ1n) is 9.07. The van der Waals surface area contributed by atoms with E-state index in [2.05, 4.69) is 10.2 Å². The summed E-state index contributed by atoms with van der Waals surface area (Å²) >= 11 is 0. The van der Waals surface area contributed by atoms with Crippen molar-refractivity contribution in [3.8, 4) is 0 Å². The van der Waals surface area contributed by atoms with Crippen molar-refractivity contribution in [3.05, 3.63) is 52.6 Å². The lowest BCUT2D eigenvalue weighted by molar-refractivity contribution is -0.139. The normalized spacial score (nSPS) is 20.4. The zero-order valence-electron chi connectivity index (χ0n) is 15.6. The van der Waals surface area contributed by atoms with Crippen LogP contribution in [-0.2, 0) is 22.4 Å². The van der Waals surface area contributed by atoms with Crippen LogP contribution in [0.25, 0.3) is 0 Å². The molecule has 1 aliphatic rings. The van der Waals surface area contributed by atoms with Gasteiger partial charge >= 0.3 is 0 Å². The van der Waals surface area contributed by atoms with Gasteiger partial charge in [-0.05, 0) is 44.7 Å². The van der Waals surface area contributed by atoms with Crippen LogP contribution >= 0.6 is 0 Å². The van der Waals surface area contributed by atoms with Gasteiger partial charge < -0.3 is 9.64 Å². The summed E-state index contributed by atoms with van der Waals surface area (Å²) in [5, 5.41) is 7.10. The number of aromatic amines is 1. The lowest BCUT2D eigenvalue weighted by Gasteiger charge is -2.41. The fraction of sp³-hybridized carbons (Fsp3) is 0.500. The molecule has 26 heavy (non-hydrogen) atoms. The fourth-order valence-electron chi connectivity index (χ4n) is 3.82. The molecular formula is C20H26FN3O2. The minimum atomic E-state index is -0.234. The zero-order valence-corrected chi connectivity index (χ0v) is 15.6. The molecule has 1 fully saturated rings. The number of benzene rings is 1. The summed E-state index contributed by atoms with van der Waals surface area (Å²) in [5.74, 6) is -0.192. The molecule has 0 radical (unpaired) electrons. The maximum atomic E-state index is 14.2. The third-order valence-electron chi connectivity index (χ3n) is 5.34. The number of likely N-dealkylation sites (tertiary alicyclic amines) is 1. The van der Waals surface area contributed by atoms with Crippen molar-refractivity contribution in [2.75, 3.05) is 13.7 Å². The van der Waals surface area contributed by atoms with Gasteiger partial charge in [-0.3, -0.25) is 9.89 Å². The number of H-pyrrole nitrogens is 1. The summed E-state index contributed by atoms with van der Waals surface area (Å²) in [5.41, 5.74) is 3.33. The standard InChI is InChI=1S/C20H26FN3O2/c1-13-16(14(2)23-22-13)12-20(25)24-10-6-9-19(26-3)18(24)11-15-7-4-5-8-17(15)21/h4-5,7-8,18-19H,6,9-12H2,1-3H3,(H,22,23)/t18-,19-/m0/s1. The molecule has 5 nitrogen and oxygen atoms in total. The summed E-state index contributed by atoms with van der Waals surface area (Å²) in [6.07, 6.45) is 2.45. The molecule has 1 aromatic carbocycles. The maximum Gasteiger partial charge on any atom is 0.227 e. The van der Waals surface area contributed by atoms with Gasteiger partial charge in [0, 0.05) is 24.9 Å². The summed E-state index contributed by atoms with van der Waals surface area (Å²) in [6, 6.07) is 6.59. The molecule has 0 unspecified atom stereocenters. The molecule has 3 rings (SSSR count). The Kier molecular flexibility index (Phi) is 5.71. The number of carbonyl (C=O) groups excluding carboxylic acids is 1. The first-order valence-corrected chi connectivity index (χ1v) is 9.07. The summed E-state index contributed by atoms with van der Waals surface area (Å²) in [4.78, 5) is 14.9. The van der Waals surface area contributed by atoms with Gasteiger partial charge in [-0.2, -0.15) is 5.10 Å². The minimum absolute atomic E-state index is 0.0423. The highest BCUT2D eigenvalue weighted by Crippen LogP contribution is 2.26. The largest absolute Gasteiger partial charge is 0.379 e. The topological polar surface area (TPSA) is 58.2 Å². The average Bonchev–Trinajstić information content (AvgIpc) is 2.95. The molecule has 1 aromatic heterocycles. The Morgan fingerprint density at radius 3 is 2.81 bits per heavy atom. The number of hydrogen-bond donors (Lipinski definition) is 1. The van der Waals surface area contributed by atoms with Crippen molar-refractivity contribution in [2.24, 2.45) is 0 Å². The van der Waals surface area contributed by atoms with Gasteiger partial charge in [0.05, 0.1) is 24.3 Å². The van der Waals surface area contributed by atoms with Crippen LogP contribution in [0, 0.1) is 19.7 Å². The highest BCUT2D eigenvalue weighted by atomic mass is 19.1. The molecule has 0 aliphatic carbocycles. The van der Waals surface area contributed by atoms with E-state index in [-0.39, 0.29) is 23.9 Å². The number of piperidine rings is 1. The molecule has 0 saturated carbocycles. The van der Waals surface area contributed by atoms with E-state index in [1.165, 1.54) is 6.07 Å². The van der Waals surface area contributed by atoms with E-state index in [0.29, 0.717) is 24.9 Å². The molecule has 0 bridgehead atoms. The highest BCUT2D eigenvalue weighted by molar-refractivity contribution is 5.79. The molecule has 1 N–H and O–H groups in total. The maximum absolute atomic E-state index is 14.2. The number of aromatic nitrogens is 2. The lowest BCUT2D eigenvalue weighted by Crippen LogP contribution is -2.53. The quantitative estimate of drug-likeness (QED) is 0.893. The number of aryl methyl sites for hydroxylation is 2. The van der Waals surface area contributed by atoms with Gasteiger partial charge in [-0.15, -0.1) is 0 Å². The molecule has 140 valence electrons. The molecule has 2 heterocycles. The van der Waals surface area contributed by atoms with Crippen molar-refractivity contribution < 1.29 is 13.9 Å². The van der Waals surface area contributed by atoms with Gasteiger partial charge in [0.25, 0.3) is 0 Å². The van der Waals surface area contributed by atoms with Crippen molar-refractivity contribution in [2.45, 2.75) is 51.7 Å². The Morgan fingerprint density at radius 1 is 1.38 bits per heavy atom. The molecular weight excluding hydrogens is 333 g/mol. The molecule has 6 heteroatoms. The van der Waals surface area contributed by atoms with E-state index in [1.807, 2.05) is 24.8 Å². The Bertz CT molecular complexity index is 755. The third kappa shape index (κ3) is 3.80. The summed E-state index contributed by atoms with van der Waals surface area (Å²) in [6.45, 7) is 4.50. The Hall–Kier alpha value is -2.21. The third-order valence-corrected chi connectivity index (χ3v) is 5.34. The van der Waals surface area contributed by atoms with Crippen molar-refractivity contribution in [1.29, 1.82) is 0 Å². The first-order chi connectivity index (χ1) is 12.5. The van der Waals surface area contributed by atoms with Gasteiger partial charge in [0.2, 0.25) is 5.91 Å². The second-order valence-corrected chi connectivity index (χ2v) is 6.96. The predicted molar refractivity (Wildman–Crippen MR) is 97.4 cm³/mol. The van der Waals surface area contributed by atoms with Crippen LogP contribution in [0.4, 0.5) is 4.39 Å². The molecule has 2 atom stereocenters. The van der Waals surface area contributed by atoms with Gasteiger partial charge in [0.1, 0.15) is 5.82 Å². The Balaban J connectivity index is 1.82. The van der Waals surface area contributed by atoms with Crippen LogP contribution in [0.15, 0.2) is 24.3 Å². The number of methoxy groups -OCH3 is 1. The number of ether oxygens (including phenoxy) is 1. The van der Waals surface area contributed by atoms with Gasteiger partial charge in [-0.1, -0.05) is 18.2 Å². The van der Waals surface area contributed by atoms with Gasteiger partial charge in [-0.25, -0.2) is 4.39 Å². The van der Waals surface area contributed by atoms with Crippen LogP contribution in [0.1, 0.15) is 35.4 Å². The number of amides is 1. The molecule has 0 spiro atoms. The highest BCUT2D eigenvalue weighted by Gasteiger charge is 2.35. The average molecular weight is 359 g/mol. The van der Waals surface area contributed by atoms with Crippen LogP contribution in [-0.4, -0.2) is 46.8 Å². The van der Waals surface area contributed by atoms with E-state index in [1.54, 1.807) is 19.2 Å². The fourth-order valence-corrected chi connectivity index (χ4v) is 3.82. The first kappa shape index (κ1) is 18.6. The summed E-state index contributed by atoms with van der Waals surface area (Å²) in [7, 11) is 1.66. The van der Waals surface area contributed by atoms with Crippen molar-refractivity contribution in [1.82, 2.24) is 15.1 Å². The molecule has 1 saturated heterocycles. The smallest absolute Gasteiger partial charge is 0.227 e. The number of rotatable bonds is 5. The van der Waals surface area contributed by atoms with E-state index in [9.17, 15) is 9.18 Å². The number of nitrogens with zero attached hydrogens (tertiary/aromatic N) is 2. The van der Waals surface area contributed by atoms with Crippen LogP contribution in [0.3, 0.4) is 0 Å². The van der Waals surface area contributed by atoms with E-state index in [0.717, 1.165) is 29.8 Å². The SMILES string of the molecule is CO[C@H]1CCCN(C(=O)Cc2c(C)n[nH]c2C)[C@H]1Cc1ccccc1F. The van der Waals surface area contributed by atoms with Crippen LogP contribution in [0.2, 0.25) is 0 Å². The van der Waals surface area contributed by atoms with Gasteiger partial charge in [0.15, 0.2) is 0 Å². The Morgan fingerprint density at radius 2 is 2.15 bits per heavy atom. The number of carbonyl (C=O) groups is 1. The van der Waals surface area contributed by atoms with Crippen molar-refractivity contribution in [3.63, 3.8) is 0 Å². The monoisotopic (exact) mass is 359 g/mol. The lowest BCUT2D eigenvalue weighted by atomic mass is 9.92. The Labute approximate surface area is 153 Å².